The summed E-state index contributed by atoms with van der Waals surface area (Å²) in [6.07, 6.45) is 1.43. The number of aryl methyl sites for hydroxylation is 1. The van der Waals surface area contributed by atoms with E-state index in [1.165, 1.54) is 6.26 Å². The molecule has 0 saturated heterocycles. The quantitative estimate of drug-likeness (QED) is 0.532. The van der Waals surface area contributed by atoms with Crippen LogP contribution in [0.4, 0.5) is 11.4 Å². The molecular formula is C21H16N4O4. The standard InChI is InChI=1S/C21H16N4O4/c1-13-22-19(25-29-13)15-4-2-5-17(12-15)24-20(26)14-7-9-16(10-8-14)23-21(27)18-6-3-11-28-18/h2-12H,1H3,(H,23,27)(H,24,26). The van der Waals surface area contributed by atoms with E-state index in [-0.39, 0.29) is 17.6 Å². The molecule has 4 rings (SSSR count). The summed E-state index contributed by atoms with van der Waals surface area (Å²) >= 11 is 0. The number of furan rings is 1. The van der Waals surface area contributed by atoms with Crippen LogP contribution < -0.4 is 10.6 Å². The molecule has 2 amide bonds. The van der Waals surface area contributed by atoms with Gasteiger partial charge in [0.25, 0.3) is 11.8 Å². The smallest absolute Gasteiger partial charge is 0.291 e. The summed E-state index contributed by atoms with van der Waals surface area (Å²) < 4.78 is 10.0. The Morgan fingerprint density at radius 2 is 1.69 bits per heavy atom. The molecule has 2 aromatic heterocycles. The van der Waals surface area contributed by atoms with Gasteiger partial charge in [-0.1, -0.05) is 17.3 Å². The lowest BCUT2D eigenvalue weighted by Gasteiger charge is -2.08. The van der Waals surface area contributed by atoms with Gasteiger partial charge in [-0.05, 0) is 48.5 Å². The molecule has 144 valence electrons. The fourth-order valence-electron chi connectivity index (χ4n) is 2.66. The SMILES string of the molecule is Cc1nc(-c2cccc(NC(=O)c3ccc(NC(=O)c4ccco4)cc3)c2)no1. The van der Waals surface area contributed by atoms with E-state index in [0.717, 1.165) is 5.56 Å². The second-order valence-electron chi connectivity index (χ2n) is 6.18. The van der Waals surface area contributed by atoms with Gasteiger partial charge >= 0.3 is 0 Å². The number of hydrogen-bond acceptors (Lipinski definition) is 6. The van der Waals surface area contributed by atoms with Gasteiger partial charge in [0.15, 0.2) is 5.76 Å². The van der Waals surface area contributed by atoms with Gasteiger partial charge in [-0.2, -0.15) is 4.98 Å². The summed E-state index contributed by atoms with van der Waals surface area (Å²) in [4.78, 5) is 28.7. The highest BCUT2D eigenvalue weighted by Crippen LogP contribution is 2.21. The fourth-order valence-corrected chi connectivity index (χ4v) is 2.66. The highest BCUT2D eigenvalue weighted by molar-refractivity contribution is 6.05. The van der Waals surface area contributed by atoms with E-state index in [9.17, 15) is 9.59 Å². The Morgan fingerprint density at radius 1 is 0.897 bits per heavy atom. The van der Waals surface area contributed by atoms with Crippen LogP contribution in [0, 0.1) is 6.92 Å². The Labute approximate surface area is 165 Å². The van der Waals surface area contributed by atoms with E-state index >= 15 is 0 Å². The van der Waals surface area contributed by atoms with E-state index in [1.54, 1.807) is 61.5 Å². The third-order valence-electron chi connectivity index (χ3n) is 4.06. The number of amides is 2. The van der Waals surface area contributed by atoms with Crippen LogP contribution in [0.2, 0.25) is 0 Å². The fraction of sp³-hybridized carbons (Fsp3) is 0.0476. The maximum atomic E-state index is 12.5. The summed E-state index contributed by atoms with van der Waals surface area (Å²) in [6, 6.07) is 16.9. The van der Waals surface area contributed by atoms with Crippen molar-refractivity contribution >= 4 is 23.2 Å². The minimum absolute atomic E-state index is 0.212. The number of anilines is 2. The van der Waals surface area contributed by atoms with Crippen molar-refractivity contribution < 1.29 is 18.5 Å². The van der Waals surface area contributed by atoms with Crippen molar-refractivity contribution in [3.05, 3.63) is 84.1 Å². The highest BCUT2D eigenvalue weighted by atomic mass is 16.5. The van der Waals surface area contributed by atoms with Crippen LogP contribution >= 0.6 is 0 Å². The lowest BCUT2D eigenvalue weighted by Crippen LogP contribution is -2.13. The molecule has 29 heavy (non-hydrogen) atoms. The number of nitrogens with zero attached hydrogens (tertiary/aromatic N) is 2. The van der Waals surface area contributed by atoms with Gasteiger partial charge in [0.2, 0.25) is 11.7 Å². The first kappa shape index (κ1) is 18.2. The zero-order chi connectivity index (χ0) is 20.2. The van der Waals surface area contributed by atoms with Crippen LogP contribution in [0.1, 0.15) is 26.8 Å². The van der Waals surface area contributed by atoms with Crippen molar-refractivity contribution in [3.63, 3.8) is 0 Å². The van der Waals surface area contributed by atoms with Crippen molar-refractivity contribution in [2.24, 2.45) is 0 Å². The molecule has 0 spiro atoms. The Balaban J connectivity index is 1.43. The number of carbonyl (C=O) groups excluding carboxylic acids is 2. The van der Waals surface area contributed by atoms with Crippen LogP contribution in [-0.4, -0.2) is 22.0 Å². The normalized spacial score (nSPS) is 10.5. The molecule has 2 heterocycles. The van der Waals surface area contributed by atoms with Gasteiger partial charge in [-0.15, -0.1) is 0 Å². The number of carbonyl (C=O) groups is 2. The minimum Gasteiger partial charge on any atom is -0.459 e. The molecule has 0 atom stereocenters. The molecule has 0 aliphatic rings. The van der Waals surface area contributed by atoms with Crippen LogP contribution in [0.15, 0.2) is 75.9 Å². The Hall–Kier alpha value is -4.20. The lowest BCUT2D eigenvalue weighted by atomic mass is 10.1. The topological polar surface area (TPSA) is 110 Å². The largest absolute Gasteiger partial charge is 0.459 e. The van der Waals surface area contributed by atoms with Crippen LogP contribution in [0.5, 0.6) is 0 Å². The van der Waals surface area contributed by atoms with Crippen molar-refractivity contribution in [2.75, 3.05) is 10.6 Å². The maximum absolute atomic E-state index is 12.5. The van der Waals surface area contributed by atoms with E-state index in [0.29, 0.717) is 28.7 Å². The average molecular weight is 388 g/mol. The monoisotopic (exact) mass is 388 g/mol. The first-order chi connectivity index (χ1) is 14.1. The van der Waals surface area contributed by atoms with Gasteiger partial charge in [-0.25, -0.2) is 0 Å². The van der Waals surface area contributed by atoms with E-state index in [4.69, 9.17) is 8.94 Å². The van der Waals surface area contributed by atoms with E-state index < -0.39 is 0 Å². The van der Waals surface area contributed by atoms with Crippen molar-refractivity contribution in [1.82, 2.24) is 10.1 Å². The summed E-state index contributed by atoms with van der Waals surface area (Å²) in [5, 5.41) is 9.41. The summed E-state index contributed by atoms with van der Waals surface area (Å²) in [5.74, 6) is 0.489. The summed E-state index contributed by atoms with van der Waals surface area (Å²) in [7, 11) is 0. The van der Waals surface area contributed by atoms with Crippen molar-refractivity contribution in [3.8, 4) is 11.4 Å². The zero-order valence-electron chi connectivity index (χ0n) is 15.4. The molecule has 0 fully saturated rings. The molecule has 0 unspecified atom stereocenters. The van der Waals surface area contributed by atoms with Gasteiger partial charge in [0.05, 0.1) is 6.26 Å². The first-order valence-corrected chi connectivity index (χ1v) is 8.75. The molecular weight excluding hydrogens is 372 g/mol. The number of hydrogen-bond donors (Lipinski definition) is 2. The average Bonchev–Trinajstić information content (AvgIpc) is 3.41. The number of benzene rings is 2. The molecule has 0 radical (unpaired) electrons. The predicted octanol–water partition coefficient (Wildman–Crippen LogP) is 4.14. The Kier molecular flexibility index (Phi) is 4.90. The Bertz CT molecular complexity index is 1150. The number of rotatable bonds is 5. The van der Waals surface area contributed by atoms with Crippen LogP contribution in [0.3, 0.4) is 0 Å². The van der Waals surface area contributed by atoms with Crippen LogP contribution in [-0.2, 0) is 0 Å². The molecule has 4 aromatic rings. The van der Waals surface area contributed by atoms with Gasteiger partial charge in [0.1, 0.15) is 0 Å². The molecule has 0 bridgehead atoms. The second kappa shape index (κ2) is 7.81. The molecule has 8 heteroatoms. The molecule has 0 aliphatic heterocycles. The van der Waals surface area contributed by atoms with E-state index in [2.05, 4.69) is 20.8 Å². The Morgan fingerprint density at radius 3 is 2.38 bits per heavy atom. The minimum atomic E-state index is -0.360. The van der Waals surface area contributed by atoms with Gasteiger partial charge in [-0.3, -0.25) is 9.59 Å². The summed E-state index contributed by atoms with van der Waals surface area (Å²) in [5.41, 5.74) is 2.33. The molecule has 8 nitrogen and oxygen atoms in total. The first-order valence-electron chi connectivity index (χ1n) is 8.75. The molecule has 2 aromatic carbocycles. The zero-order valence-corrected chi connectivity index (χ0v) is 15.4. The lowest BCUT2D eigenvalue weighted by molar-refractivity contribution is 0.0995. The van der Waals surface area contributed by atoms with Crippen molar-refractivity contribution in [2.45, 2.75) is 6.92 Å². The third kappa shape index (κ3) is 4.22. The third-order valence-corrected chi connectivity index (χ3v) is 4.06. The van der Waals surface area contributed by atoms with E-state index in [1.807, 2.05) is 6.07 Å². The summed E-state index contributed by atoms with van der Waals surface area (Å²) in [6.45, 7) is 1.71. The van der Waals surface area contributed by atoms with Gasteiger partial charge < -0.3 is 19.6 Å². The highest BCUT2D eigenvalue weighted by Gasteiger charge is 2.11. The van der Waals surface area contributed by atoms with Gasteiger partial charge in [0, 0.05) is 29.4 Å². The molecule has 0 aliphatic carbocycles. The second-order valence-corrected chi connectivity index (χ2v) is 6.18. The predicted molar refractivity (Wildman–Crippen MR) is 106 cm³/mol. The number of aromatic nitrogens is 2. The number of nitrogens with one attached hydrogen (secondary N) is 2. The van der Waals surface area contributed by atoms with Crippen molar-refractivity contribution in [1.29, 1.82) is 0 Å². The molecule has 0 saturated carbocycles. The molecule has 2 N–H and O–H groups in total. The maximum Gasteiger partial charge on any atom is 0.291 e. The van der Waals surface area contributed by atoms with Crippen LogP contribution in [0.25, 0.3) is 11.4 Å².